The summed E-state index contributed by atoms with van der Waals surface area (Å²) in [6.07, 6.45) is 5.99. The Morgan fingerprint density at radius 2 is 2.20 bits per heavy atom. The Bertz CT molecular complexity index is 495. The monoisotopic (exact) mass is 274 g/mol. The minimum atomic E-state index is 0.407. The van der Waals surface area contributed by atoms with E-state index >= 15 is 0 Å². The first-order chi connectivity index (χ1) is 9.45. The zero-order valence-electron chi connectivity index (χ0n) is 13.1. The van der Waals surface area contributed by atoms with Crippen molar-refractivity contribution in [1.29, 1.82) is 0 Å². The summed E-state index contributed by atoms with van der Waals surface area (Å²) in [6, 6.07) is 4.70. The number of nitrogens with zero attached hydrogens (tertiary/aromatic N) is 1. The summed E-state index contributed by atoms with van der Waals surface area (Å²) >= 11 is 0. The van der Waals surface area contributed by atoms with Gasteiger partial charge in [-0.25, -0.2) is 4.98 Å². The SMILES string of the molecule is COc1cc(CNC2C3(C)CCC(C3)C2(C)C)ccn1. The molecule has 20 heavy (non-hydrogen) atoms. The summed E-state index contributed by atoms with van der Waals surface area (Å²) in [5, 5.41) is 3.83. The Hall–Kier alpha value is -1.09. The molecule has 3 unspecified atom stereocenters. The molecule has 0 amide bonds. The maximum atomic E-state index is 5.20. The van der Waals surface area contributed by atoms with Crippen LogP contribution in [0.3, 0.4) is 0 Å². The second kappa shape index (κ2) is 4.73. The molecule has 1 N–H and O–H groups in total. The lowest BCUT2D eigenvalue weighted by molar-refractivity contribution is 0.108. The third-order valence-electron chi connectivity index (χ3n) is 5.79. The number of aromatic nitrogens is 1. The van der Waals surface area contributed by atoms with Crippen molar-refractivity contribution in [2.24, 2.45) is 16.7 Å². The molecule has 2 aliphatic rings. The normalized spacial score (nSPS) is 34.4. The number of methoxy groups -OCH3 is 1. The molecular formula is C17H26N2O. The Morgan fingerprint density at radius 1 is 1.40 bits per heavy atom. The number of nitrogens with one attached hydrogen (secondary N) is 1. The van der Waals surface area contributed by atoms with Gasteiger partial charge in [0.05, 0.1) is 7.11 Å². The van der Waals surface area contributed by atoms with Crippen LogP contribution in [0, 0.1) is 16.7 Å². The van der Waals surface area contributed by atoms with Crippen molar-refractivity contribution in [3.63, 3.8) is 0 Å². The Morgan fingerprint density at radius 3 is 2.85 bits per heavy atom. The van der Waals surface area contributed by atoms with Gasteiger partial charge in [-0.1, -0.05) is 20.8 Å². The van der Waals surface area contributed by atoms with E-state index in [-0.39, 0.29) is 0 Å². The molecule has 1 heterocycles. The van der Waals surface area contributed by atoms with E-state index in [1.807, 2.05) is 12.3 Å². The van der Waals surface area contributed by atoms with Crippen LogP contribution in [0.1, 0.15) is 45.6 Å². The van der Waals surface area contributed by atoms with E-state index in [9.17, 15) is 0 Å². The van der Waals surface area contributed by atoms with Gasteiger partial charge in [-0.15, -0.1) is 0 Å². The minimum Gasteiger partial charge on any atom is -0.481 e. The van der Waals surface area contributed by atoms with Crippen molar-refractivity contribution in [2.75, 3.05) is 7.11 Å². The van der Waals surface area contributed by atoms with E-state index in [0.717, 1.165) is 12.5 Å². The molecule has 110 valence electrons. The highest BCUT2D eigenvalue weighted by Gasteiger charge is 2.58. The molecule has 2 aliphatic carbocycles. The van der Waals surface area contributed by atoms with Crippen molar-refractivity contribution in [2.45, 2.75) is 52.6 Å². The molecule has 1 aromatic heterocycles. The van der Waals surface area contributed by atoms with Gasteiger partial charge >= 0.3 is 0 Å². The number of ether oxygens (including phenoxy) is 1. The molecule has 1 aromatic rings. The zero-order valence-corrected chi connectivity index (χ0v) is 13.1. The second-order valence-electron chi connectivity index (χ2n) is 7.44. The van der Waals surface area contributed by atoms with Crippen LogP contribution in [0.15, 0.2) is 18.3 Å². The number of pyridine rings is 1. The summed E-state index contributed by atoms with van der Waals surface area (Å²) < 4.78 is 5.20. The minimum absolute atomic E-state index is 0.407. The molecule has 0 aromatic carbocycles. The highest BCUT2D eigenvalue weighted by molar-refractivity contribution is 5.21. The summed E-state index contributed by atoms with van der Waals surface area (Å²) in [7, 11) is 1.67. The van der Waals surface area contributed by atoms with Gasteiger partial charge in [0.25, 0.3) is 0 Å². The second-order valence-corrected chi connectivity index (χ2v) is 7.44. The van der Waals surface area contributed by atoms with Gasteiger partial charge in [0, 0.05) is 24.8 Å². The number of fused-ring (bicyclic) bond motifs is 2. The van der Waals surface area contributed by atoms with Gasteiger partial charge in [0.2, 0.25) is 5.88 Å². The predicted octanol–water partition coefficient (Wildman–Crippen LogP) is 3.39. The van der Waals surface area contributed by atoms with E-state index < -0.39 is 0 Å². The first-order valence-corrected chi connectivity index (χ1v) is 7.68. The summed E-state index contributed by atoms with van der Waals surface area (Å²) in [5.41, 5.74) is 2.13. The van der Waals surface area contributed by atoms with Gasteiger partial charge < -0.3 is 10.1 Å². The van der Waals surface area contributed by atoms with Crippen molar-refractivity contribution < 1.29 is 4.74 Å². The first kappa shape index (κ1) is 13.9. The van der Waals surface area contributed by atoms with E-state index in [2.05, 4.69) is 37.1 Å². The molecule has 0 radical (unpaired) electrons. The molecular weight excluding hydrogens is 248 g/mol. The maximum absolute atomic E-state index is 5.20. The summed E-state index contributed by atoms with van der Waals surface area (Å²) in [5.74, 6) is 1.58. The van der Waals surface area contributed by atoms with Crippen molar-refractivity contribution >= 4 is 0 Å². The molecule has 0 aliphatic heterocycles. The predicted molar refractivity (Wildman–Crippen MR) is 80.6 cm³/mol. The number of hydrogen-bond acceptors (Lipinski definition) is 3. The van der Waals surface area contributed by atoms with Crippen molar-refractivity contribution in [3.8, 4) is 5.88 Å². The van der Waals surface area contributed by atoms with Crippen LogP contribution in [0.25, 0.3) is 0 Å². The Balaban J connectivity index is 1.71. The van der Waals surface area contributed by atoms with E-state index in [0.29, 0.717) is 22.8 Å². The Labute approximate surface area is 122 Å². The topological polar surface area (TPSA) is 34.1 Å². The highest BCUT2D eigenvalue weighted by atomic mass is 16.5. The summed E-state index contributed by atoms with van der Waals surface area (Å²) in [6.45, 7) is 8.24. The summed E-state index contributed by atoms with van der Waals surface area (Å²) in [4.78, 5) is 4.17. The molecule has 0 saturated heterocycles. The largest absolute Gasteiger partial charge is 0.481 e. The fraction of sp³-hybridized carbons (Fsp3) is 0.706. The fourth-order valence-corrected chi connectivity index (χ4v) is 4.70. The number of hydrogen-bond donors (Lipinski definition) is 1. The fourth-order valence-electron chi connectivity index (χ4n) is 4.70. The van der Waals surface area contributed by atoms with Crippen LogP contribution in [0.4, 0.5) is 0 Å². The quantitative estimate of drug-likeness (QED) is 0.914. The number of rotatable bonds is 4. The van der Waals surface area contributed by atoms with Crippen LogP contribution in [0.2, 0.25) is 0 Å². The van der Waals surface area contributed by atoms with Crippen LogP contribution in [0.5, 0.6) is 5.88 Å². The lowest BCUT2D eigenvalue weighted by Gasteiger charge is -2.43. The highest BCUT2D eigenvalue weighted by Crippen LogP contribution is 2.62. The van der Waals surface area contributed by atoms with E-state index in [4.69, 9.17) is 4.74 Å². The van der Waals surface area contributed by atoms with Crippen LogP contribution >= 0.6 is 0 Å². The van der Waals surface area contributed by atoms with Crippen LogP contribution < -0.4 is 10.1 Å². The smallest absolute Gasteiger partial charge is 0.213 e. The van der Waals surface area contributed by atoms with Gasteiger partial charge in [-0.3, -0.25) is 0 Å². The lowest BCUT2D eigenvalue weighted by Crippen LogP contribution is -2.49. The van der Waals surface area contributed by atoms with Gasteiger partial charge in [0.15, 0.2) is 0 Å². The van der Waals surface area contributed by atoms with E-state index in [1.54, 1.807) is 7.11 Å². The van der Waals surface area contributed by atoms with Crippen molar-refractivity contribution in [1.82, 2.24) is 10.3 Å². The van der Waals surface area contributed by atoms with Crippen LogP contribution in [-0.2, 0) is 6.54 Å². The Kier molecular flexibility index (Phi) is 3.28. The zero-order chi connectivity index (χ0) is 14.4. The van der Waals surface area contributed by atoms with Gasteiger partial charge in [-0.05, 0) is 47.6 Å². The van der Waals surface area contributed by atoms with Crippen molar-refractivity contribution in [3.05, 3.63) is 23.9 Å². The van der Waals surface area contributed by atoms with Crippen LogP contribution in [-0.4, -0.2) is 18.1 Å². The molecule has 3 nitrogen and oxygen atoms in total. The average molecular weight is 274 g/mol. The third-order valence-corrected chi connectivity index (χ3v) is 5.79. The molecule has 2 bridgehead atoms. The van der Waals surface area contributed by atoms with Gasteiger partial charge in [0.1, 0.15) is 0 Å². The van der Waals surface area contributed by atoms with Gasteiger partial charge in [-0.2, -0.15) is 0 Å². The lowest BCUT2D eigenvalue weighted by atomic mass is 9.68. The molecule has 3 rings (SSSR count). The molecule has 2 saturated carbocycles. The van der Waals surface area contributed by atoms with E-state index in [1.165, 1.54) is 24.8 Å². The molecule has 3 heteroatoms. The first-order valence-electron chi connectivity index (χ1n) is 7.68. The molecule has 3 atom stereocenters. The standard InChI is InChI=1S/C17H26N2O/c1-16(2)13-5-7-17(3,10-13)15(16)19-11-12-6-8-18-14(9-12)20-4/h6,8-9,13,15,19H,5,7,10-11H2,1-4H3. The maximum Gasteiger partial charge on any atom is 0.213 e. The average Bonchev–Trinajstić information content (AvgIpc) is 2.89. The third kappa shape index (κ3) is 2.12. The molecule has 0 spiro atoms. The molecule has 2 fully saturated rings.